The number of hydrogen-bond acceptors (Lipinski definition) is 4. The first-order valence-corrected chi connectivity index (χ1v) is 8.75. The van der Waals surface area contributed by atoms with Crippen LogP contribution >= 0.6 is 11.6 Å². The number of carbonyl (C=O) groups is 2. The summed E-state index contributed by atoms with van der Waals surface area (Å²) in [4.78, 5) is 26.0. The van der Waals surface area contributed by atoms with E-state index in [1.54, 1.807) is 30.3 Å². The lowest BCUT2D eigenvalue weighted by atomic mass is 10.1. The minimum absolute atomic E-state index is 0.0592. The topological polar surface area (TPSA) is 71.8 Å². The van der Waals surface area contributed by atoms with Gasteiger partial charge in [0.05, 0.1) is 18.5 Å². The fourth-order valence-corrected chi connectivity index (χ4v) is 3.12. The van der Waals surface area contributed by atoms with Gasteiger partial charge in [0.15, 0.2) is 12.4 Å². The normalized spacial score (nSPS) is 13.1. The number of carbonyl (C=O) groups excluding carboxylic acids is 2. The highest BCUT2D eigenvalue weighted by Gasteiger charge is 2.27. The fourth-order valence-electron chi connectivity index (χ4n) is 2.90. The van der Waals surface area contributed by atoms with Crippen LogP contribution in [0.3, 0.4) is 0 Å². The maximum atomic E-state index is 14.2. The molecule has 4 rings (SSSR count). The van der Waals surface area contributed by atoms with Crippen LogP contribution in [0, 0.1) is 5.82 Å². The van der Waals surface area contributed by atoms with Crippen LogP contribution in [0.5, 0.6) is 5.75 Å². The van der Waals surface area contributed by atoms with E-state index in [-0.39, 0.29) is 35.4 Å². The number of benzene rings is 2. The highest BCUT2D eigenvalue weighted by molar-refractivity contribution is 6.31. The predicted molar refractivity (Wildman–Crippen MR) is 101 cm³/mol. The molecule has 2 heterocycles. The number of fused-ring (bicyclic) bond motifs is 1. The summed E-state index contributed by atoms with van der Waals surface area (Å²) in [6.07, 6.45) is 1.40. The smallest absolute Gasteiger partial charge is 0.291 e. The van der Waals surface area contributed by atoms with Crippen LogP contribution in [0.2, 0.25) is 5.02 Å². The van der Waals surface area contributed by atoms with Crippen molar-refractivity contribution < 1.29 is 23.1 Å². The van der Waals surface area contributed by atoms with Crippen molar-refractivity contribution in [2.45, 2.75) is 6.54 Å². The lowest BCUT2D eigenvalue weighted by Gasteiger charge is -2.30. The number of furan rings is 1. The molecule has 28 heavy (non-hydrogen) atoms. The number of anilines is 2. The zero-order chi connectivity index (χ0) is 19.7. The molecule has 0 spiro atoms. The van der Waals surface area contributed by atoms with Crippen molar-refractivity contribution in [3.05, 3.63) is 77.0 Å². The Labute approximate surface area is 164 Å². The molecule has 6 nitrogen and oxygen atoms in total. The minimum atomic E-state index is -0.504. The molecule has 0 radical (unpaired) electrons. The summed E-state index contributed by atoms with van der Waals surface area (Å²) < 4.78 is 24.7. The first-order valence-electron chi connectivity index (χ1n) is 8.38. The van der Waals surface area contributed by atoms with E-state index in [1.807, 2.05) is 0 Å². The second kappa shape index (κ2) is 7.36. The number of amides is 2. The highest BCUT2D eigenvalue weighted by atomic mass is 35.5. The summed E-state index contributed by atoms with van der Waals surface area (Å²) >= 11 is 6.10. The third kappa shape index (κ3) is 3.44. The van der Waals surface area contributed by atoms with Gasteiger partial charge < -0.3 is 19.4 Å². The van der Waals surface area contributed by atoms with Gasteiger partial charge in [-0.05, 0) is 42.5 Å². The van der Waals surface area contributed by atoms with E-state index < -0.39 is 11.7 Å². The van der Waals surface area contributed by atoms with E-state index in [1.165, 1.54) is 29.4 Å². The number of nitrogens with zero attached hydrogens (tertiary/aromatic N) is 1. The van der Waals surface area contributed by atoms with Gasteiger partial charge in [0.25, 0.3) is 11.8 Å². The van der Waals surface area contributed by atoms with Crippen LogP contribution in [0.4, 0.5) is 15.8 Å². The molecular formula is C20H14ClFN2O4. The van der Waals surface area contributed by atoms with E-state index >= 15 is 0 Å². The van der Waals surface area contributed by atoms with E-state index in [0.29, 0.717) is 17.1 Å². The van der Waals surface area contributed by atoms with Crippen LogP contribution in [-0.4, -0.2) is 18.4 Å². The maximum Gasteiger partial charge on any atom is 0.291 e. The Morgan fingerprint density at radius 2 is 2.07 bits per heavy atom. The first-order chi connectivity index (χ1) is 13.5. The Hall–Kier alpha value is -3.32. The average Bonchev–Trinajstić information content (AvgIpc) is 3.21. The van der Waals surface area contributed by atoms with Gasteiger partial charge in [0.1, 0.15) is 11.6 Å². The third-order valence-electron chi connectivity index (χ3n) is 4.28. The van der Waals surface area contributed by atoms with E-state index in [4.69, 9.17) is 20.8 Å². The van der Waals surface area contributed by atoms with E-state index in [2.05, 4.69) is 5.32 Å². The fraction of sp³-hybridized carbons (Fsp3) is 0.100. The Balaban J connectivity index is 1.65. The SMILES string of the molecule is O=C(Nc1ccc2c(c1)N(Cc1c(F)cccc1Cl)C(=O)CO2)c1ccco1. The number of hydrogen-bond donors (Lipinski definition) is 1. The Morgan fingerprint density at radius 3 is 2.82 bits per heavy atom. The Morgan fingerprint density at radius 1 is 1.21 bits per heavy atom. The maximum absolute atomic E-state index is 14.2. The molecule has 1 N–H and O–H groups in total. The van der Waals surface area contributed by atoms with Crippen molar-refractivity contribution in [3.63, 3.8) is 0 Å². The van der Waals surface area contributed by atoms with Crippen LogP contribution < -0.4 is 15.0 Å². The molecule has 3 aromatic rings. The molecule has 1 aromatic heterocycles. The molecule has 2 aromatic carbocycles. The molecule has 0 aliphatic carbocycles. The van der Waals surface area contributed by atoms with E-state index in [0.717, 1.165) is 0 Å². The second-order valence-corrected chi connectivity index (χ2v) is 6.49. The zero-order valence-electron chi connectivity index (χ0n) is 14.4. The molecule has 0 unspecified atom stereocenters. The molecule has 0 fully saturated rings. The van der Waals surface area contributed by atoms with Gasteiger partial charge in [-0.15, -0.1) is 0 Å². The number of rotatable bonds is 4. The number of halogens is 2. The van der Waals surface area contributed by atoms with Gasteiger partial charge in [0, 0.05) is 16.3 Å². The average molecular weight is 401 g/mol. The predicted octanol–water partition coefficient (Wildman–Crippen LogP) is 4.25. The first kappa shape index (κ1) is 18.1. The summed E-state index contributed by atoms with van der Waals surface area (Å²) in [7, 11) is 0. The largest absolute Gasteiger partial charge is 0.482 e. The van der Waals surface area contributed by atoms with Gasteiger partial charge in [-0.2, -0.15) is 0 Å². The van der Waals surface area contributed by atoms with Gasteiger partial charge >= 0.3 is 0 Å². The minimum Gasteiger partial charge on any atom is -0.482 e. The van der Waals surface area contributed by atoms with Crippen LogP contribution in [0.25, 0.3) is 0 Å². The van der Waals surface area contributed by atoms with Gasteiger partial charge in [-0.1, -0.05) is 17.7 Å². The molecule has 8 heteroatoms. The summed E-state index contributed by atoms with van der Waals surface area (Å²) in [5.74, 6) is -0.684. The van der Waals surface area contributed by atoms with Gasteiger partial charge in [-0.25, -0.2) is 4.39 Å². The van der Waals surface area contributed by atoms with Gasteiger partial charge in [-0.3, -0.25) is 9.59 Å². The molecule has 1 aliphatic heterocycles. The lowest BCUT2D eigenvalue weighted by molar-refractivity contribution is -0.121. The summed E-state index contributed by atoms with van der Waals surface area (Å²) in [6.45, 7) is -0.229. The molecule has 0 saturated heterocycles. The molecular weight excluding hydrogens is 387 g/mol. The molecule has 2 amide bonds. The number of nitrogens with one attached hydrogen (secondary N) is 1. The summed E-state index contributed by atoms with van der Waals surface area (Å²) in [5.41, 5.74) is 1.05. The van der Waals surface area contributed by atoms with Crippen LogP contribution in [-0.2, 0) is 11.3 Å². The van der Waals surface area contributed by atoms with Crippen molar-refractivity contribution in [1.29, 1.82) is 0 Å². The van der Waals surface area contributed by atoms with Crippen molar-refractivity contribution in [1.82, 2.24) is 0 Å². The molecule has 0 bridgehead atoms. The van der Waals surface area contributed by atoms with Crippen LogP contribution in [0.15, 0.2) is 59.2 Å². The highest BCUT2D eigenvalue weighted by Crippen LogP contribution is 2.36. The van der Waals surface area contributed by atoms with Gasteiger partial charge in [0.2, 0.25) is 0 Å². The number of ether oxygens (including phenoxy) is 1. The zero-order valence-corrected chi connectivity index (χ0v) is 15.2. The molecule has 0 saturated carbocycles. The van der Waals surface area contributed by atoms with Crippen molar-refractivity contribution >= 4 is 34.8 Å². The standard InChI is InChI=1S/C20H14ClFN2O4/c21-14-3-1-4-15(22)13(14)10-24-16-9-12(6-7-17(16)28-11-19(24)25)23-20(26)18-5-2-8-27-18/h1-9H,10-11H2,(H,23,26). The Bertz CT molecular complexity index is 1030. The molecule has 1 aliphatic rings. The third-order valence-corrected chi connectivity index (χ3v) is 4.64. The molecule has 0 atom stereocenters. The Kier molecular flexibility index (Phi) is 4.75. The van der Waals surface area contributed by atoms with E-state index in [9.17, 15) is 14.0 Å². The second-order valence-electron chi connectivity index (χ2n) is 6.08. The van der Waals surface area contributed by atoms with Crippen LogP contribution in [0.1, 0.15) is 16.1 Å². The van der Waals surface area contributed by atoms with Crippen molar-refractivity contribution in [2.24, 2.45) is 0 Å². The molecule has 142 valence electrons. The van der Waals surface area contributed by atoms with Crippen molar-refractivity contribution in [2.75, 3.05) is 16.8 Å². The summed E-state index contributed by atoms with van der Waals surface area (Å²) in [6, 6.07) is 12.3. The summed E-state index contributed by atoms with van der Waals surface area (Å²) in [5, 5.41) is 2.92. The quantitative estimate of drug-likeness (QED) is 0.710. The lowest BCUT2D eigenvalue weighted by Crippen LogP contribution is -2.38. The monoisotopic (exact) mass is 400 g/mol. The van der Waals surface area contributed by atoms with Crippen molar-refractivity contribution in [3.8, 4) is 5.75 Å².